The number of sulfonamides is 1. The number of aromatic nitrogens is 1. The molecule has 1 aromatic carbocycles. The lowest BCUT2D eigenvalue weighted by Crippen LogP contribution is -2.29. The second-order valence-corrected chi connectivity index (χ2v) is 6.73. The average molecular weight is 353 g/mol. The highest BCUT2D eigenvalue weighted by molar-refractivity contribution is 7.89. The maximum absolute atomic E-state index is 13.0. The quantitative estimate of drug-likeness (QED) is 0.880. The fourth-order valence-electron chi connectivity index (χ4n) is 1.93. The number of aromatic amines is 1. The molecular formula is C13H12ClF3N2O2S. The SMILES string of the molecule is CC(NS(=O)(=O)c1ccc(Cl)cc1C(F)(F)F)c1ccc[nH]1. The Balaban J connectivity index is 2.42. The van der Waals surface area contributed by atoms with Gasteiger partial charge in [0.15, 0.2) is 0 Å². The van der Waals surface area contributed by atoms with Gasteiger partial charge in [0.25, 0.3) is 0 Å². The van der Waals surface area contributed by atoms with Crippen LogP contribution >= 0.6 is 11.6 Å². The van der Waals surface area contributed by atoms with Crippen molar-refractivity contribution in [1.82, 2.24) is 9.71 Å². The number of halogens is 4. The monoisotopic (exact) mass is 352 g/mol. The van der Waals surface area contributed by atoms with Crippen LogP contribution in [0.3, 0.4) is 0 Å². The van der Waals surface area contributed by atoms with Crippen molar-refractivity contribution in [2.24, 2.45) is 0 Å². The van der Waals surface area contributed by atoms with Crippen molar-refractivity contribution in [2.45, 2.75) is 24.0 Å². The van der Waals surface area contributed by atoms with Crippen LogP contribution in [0.2, 0.25) is 5.02 Å². The second-order valence-electron chi connectivity index (χ2n) is 4.61. The Kier molecular flexibility index (Phi) is 4.55. The van der Waals surface area contributed by atoms with Gasteiger partial charge in [-0.3, -0.25) is 0 Å². The van der Waals surface area contributed by atoms with Gasteiger partial charge in [0, 0.05) is 16.9 Å². The summed E-state index contributed by atoms with van der Waals surface area (Å²) in [5.41, 5.74) is -0.766. The molecule has 1 unspecified atom stereocenters. The van der Waals surface area contributed by atoms with E-state index in [0.717, 1.165) is 12.1 Å². The van der Waals surface area contributed by atoms with Crippen LogP contribution in [0, 0.1) is 0 Å². The normalized spacial score (nSPS) is 14.0. The molecule has 2 aromatic rings. The molecule has 2 N–H and O–H groups in total. The Morgan fingerprint density at radius 2 is 1.95 bits per heavy atom. The minimum absolute atomic E-state index is 0.191. The molecule has 1 aromatic heterocycles. The highest BCUT2D eigenvalue weighted by atomic mass is 35.5. The van der Waals surface area contributed by atoms with Crippen LogP contribution in [0.5, 0.6) is 0 Å². The van der Waals surface area contributed by atoms with E-state index in [1.165, 1.54) is 6.92 Å². The van der Waals surface area contributed by atoms with Gasteiger partial charge in [0.1, 0.15) is 0 Å². The first-order valence-corrected chi connectivity index (χ1v) is 8.00. The van der Waals surface area contributed by atoms with Crippen LogP contribution in [0.4, 0.5) is 13.2 Å². The highest BCUT2D eigenvalue weighted by Gasteiger charge is 2.37. The molecule has 0 aliphatic heterocycles. The number of benzene rings is 1. The van der Waals surface area contributed by atoms with Crippen LogP contribution in [0.1, 0.15) is 24.2 Å². The summed E-state index contributed by atoms with van der Waals surface area (Å²) >= 11 is 5.54. The molecule has 0 bridgehead atoms. The number of alkyl halides is 3. The van der Waals surface area contributed by atoms with E-state index in [2.05, 4.69) is 9.71 Å². The predicted molar refractivity (Wildman–Crippen MR) is 76.0 cm³/mol. The minimum atomic E-state index is -4.83. The third kappa shape index (κ3) is 3.63. The third-order valence-corrected chi connectivity index (χ3v) is 4.79. The molecule has 0 aliphatic rings. The molecule has 0 fully saturated rings. The molecule has 0 saturated heterocycles. The number of H-pyrrole nitrogens is 1. The van der Waals surface area contributed by atoms with E-state index >= 15 is 0 Å². The zero-order chi connectivity index (χ0) is 16.5. The maximum atomic E-state index is 13.0. The van der Waals surface area contributed by atoms with Crippen LogP contribution < -0.4 is 4.72 Å². The Bertz CT molecular complexity index is 758. The summed E-state index contributed by atoms with van der Waals surface area (Å²) in [5.74, 6) is 0. The smallest absolute Gasteiger partial charge is 0.364 e. The molecular weight excluding hydrogens is 341 g/mol. The number of rotatable bonds is 4. The summed E-state index contributed by atoms with van der Waals surface area (Å²) in [7, 11) is -4.36. The predicted octanol–water partition coefficient (Wildman–Crippen LogP) is 3.73. The van der Waals surface area contributed by atoms with E-state index in [1.54, 1.807) is 18.3 Å². The molecule has 0 saturated carbocycles. The summed E-state index contributed by atoms with van der Waals surface area (Å²) in [4.78, 5) is 1.94. The molecule has 0 radical (unpaired) electrons. The van der Waals surface area contributed by atoms with E-state index in [1.807, 2.05) is 0 Å². The summed E-state index contributed by atoms with van der Waals surface area (Å²) in [5, 5.41) is -0.191. The van der Waals surface area contributed by atoms with Gasteiger partial charge in [0.05, 0.1) is 16.5 Å². The van der Waals surface area contributed by atoms with Crippen molar-refractivity contribution in [3.63, 3.8) is 0 Å². The first-order valence-electron chi connectivity index (χ1n) is 6.13. The zero-order valence-corrected chi connectivity index (χ0v) is 12.9. The molecule has 4 nitrogen and oxygen atoms in total. The first-order chi connectivity index (χ1) is 10.1. The van der Waals surface area contributed by atoms with E-state index in [-0.39, 0.29) is 5.02 Å². The van der Waals surface area contributed by atoms with E-state index < -0.39 is 32.7 Å². The van der Waals surface area contributed by atoms with Crippen molar-refractivity contribution in [1.29, 1.82) is 0 Å². The van der Waals surface area contributed by atoms with Gasteiger partial charge >= 0.3 is 6.18 Å². The lowest BCUT2D eigenvalue weighted by Gasteiger charge is -2.17. The topological polar surface area (TPSA) is 62.0 Å². The molecule has 120 valence electrons. The van der Waals surface area contributed by atoms with Gasteiger partial charge in [-0.25, -0.2) is 13.1 Å². The largest absolute Gasteiger partial charge is 0.417 e. The Morgan fingerprint density at radius 1 is 1.27 bits per heavy atom. The molecule has 0 aliphatic carbocycles. The lowest BCUT2D eigenvalue weighted by molar-refractivity contribution is -0.139. The van der Waals surface area contributed by atoms with Crippen LogP contribution in [0.25, 0.3) is 0 Å². The van der Waals surface area contributed by atoms with Crippen LogP contribution in [-0.4, -0.2) is 13.4 Å². The first kappa shape index (κ1) is 16.9. The van der Waals surface area contributed by atoms with Gasteiger partial charge in [-0.1, -0.05) is 11.6 Å². The summed E-state index contributed by atoms with van der Waals surface area (Å²) in [6.07, 6.45) is -3.24. The van der Waals surface area contributed by atoms with Crippen LogP contribution in [0.15, 0.2) is 41.4 Å². The Morgan fingerprint density at radius 3 is 2.50 bits per heavy atom. The van der Waals surface area contributed by atoms with E-state index in [0.29, 0.717) is 11.8 Å². The van der Waals surface area contributed by atoms with Gasteiger partial charge in [0.2, 0.25) is 10.0 Å². The summed E-state index contributed by atoms with van der Waals surface area (Å²) < 4.78 is 65.7. The van der Waals surface area contributed by atoms with Crippen molar-refractivity contribution in [2.75, 3.05) is 0 Å². The van der Waals surface area contributed by atoms with Gasteiger partial charge in [-0.05, 0) is 37.3 Å². The average Bonchev–Trinajstić information content (AvgIpc) is 2.90. The van der Waals surface area contributed by atoms with Crippen molar-refractivity contribution in [3.8, 4) is 0 Å². The summed E-state index contributed by atoms with van der Waals surface area (Å²) in [6.45, 7) is 1.52. The molecule has 22 heavy (non-hydrogen) atoms. The highest BCUT2D eigenvalue weighted by Crippen LogP contribution is 2.36. The third-order valence-electron chi connectivity index (χ3n) is 2.96. The van der Waals surface area contributed by atoms with Gasteiger partial charge in [-0.2, -0.15) is 13.2 Å². The molecule has 2 rings (SSSR count). The van der Waals surface area contributed by atoms with Gasteiger partial charge < -0.3 is 4.98 Å². The summed E-state index contributed by atoms with van der Waals surface area (Å²) in [6, 6.07) is 5.11. The lowest BCUT2D eigenvalue weighted by atomic mass is 10.2. The van der Waals surface area contributed by atoms with Crippen molar-refractivity contribution < 1.29 is 21.6 Å². The van der Waals surface area contributed by atoms with Crippen LogP contribution in [-0.2, 0) is 16.2 Å². The minimum Gasteiger partial charge on any atom is -0.364 e. The molecule has 9 heteroatoms. The Labute approximate surface area is 130 Å². The van der Waals surface area contributed by atoms with Crippen molar-refractivity contribution in [3.05, 3.63) is 52.8 Å². The Hall–Kier alpha value is -1.51. The van der Waals surface area contributed by atoms with E-state index in [4.69, 9.17) is 11.6 Å². The maximum Gasteiger partial charge on any atom is 0.417 e. The fourth-order valence-corrected chi connectivity index (χ4v) is 3.53. The number of hydrogen-bond acceptors (Lipinski definition) is 2. The number of hydrogen-bond donors (Lipinski definition) is 2. The fraction of sp³-hybridized carbons (Fsp3) is 0.231. The molecule has 1 heterocycles. The van der Waals surface area contributed by atoms with E-state index in [9.17, 15) is 21.6 Å². The standard InChI is InChI=1S/C13H12ClF3N2O2S/c1-8(11-3-2-6-18-11)19-22(20,21)12-5-4-9(14)7-10(12)13(15,16)17/h2-8,18-19H,1H3. The molecule has 0 amide bonds. The molecule has 0 spiro atoms. The molecule has 1 atom stereocenters. The van der Waals surface area contributed by atoms with Crippen molar-refractivity contribution >= 4 is 21.6 Å². The zero-order valence-electron chi connectivity index (χ0n) is 11.3. The number of nitrogens with one attached hydrogen (secondary N) is 2. The second kappa shape index (κ2) is 5.94. The van der Waals surface area contributed by atoms with Gasteiger partial charge in [-0.15, -0.1) is 0 Å².